The second kappa shape index (κ2) is 6.14. The van der Waals surface area contributed by atoms with Crippen LogP contribution in [-0.4, -0.2) is 38.4 Å². The minimum atomic E-state index is -0.868. The number of carbonyl (C=O) groups is 1. The lowest BCUT2D eigenvalue weighted by Crippen LogP contribution is -2.15. The summed E-state index contributed by atoms with van der Waals surface area (Å²) in [5.41, 5.74) is 0.819. The third-order valence-corrected chi connectivity index (χ3v) is 3.07. The molecule has 0 aliphatic carbocycles. The first kappa shape index (κ1) is 14.0. The lowest BCUT2D eigenvalue weighted by atomic mass is 10.1. The fourth-order valence-electron chi connectivity index (χ4n) is 1.98. The molecular weight excluding hydrogens is 260 g/mol. The van der Waals surface area contributed by atoms with Crippen LogP contribution in [0.4, 0.5) is 0 Å². The predicted molar refractivity (Wildman–Crippen MR) is 71.4 cm³/mol. The number of hydrogen-bond donors (Lipinski definition) is 1. The maximum absolute atomic E-state index is 10.9. The summed E-state index contributed by atoms with van der Waals surface area (Å²) < 4.78 is 6.67. The third kappa shape index (κ3) is 2.93. The molecule has 0 radical (unpaired) electrons. The Bertz CT molecular complexity index is 580. The smallest absolute Gasteiger partial charge is 0.305 e. The molecule has 0 fully saturated rings. The number of aromatic nitrogens is 4. The molecule has 7 heteroatoms. The highest BCUT2D eigenvalue weighted by Crippen LogP contribution is 2.24. The fourth-order valence-corrected chi connectivity index (χ4v) is 1.98. The topological polar surface area (TPSA) is 90.1 Å². The zero-order valence-electron chi connectivity index (χ0n) is 11.4. The molecule has 0 saturated heterocycles. The van der Waals surface area contributed by atoms with E-state index in [0.717, 1.165) is 11.3 Å². The number of benzene rings is 1. The standard InChI is InChI=1S/C13H16N4O3/c1-3-10(8-12(18)19)17-13(14-15-16-17)9-4-6-11(20-2)7-5-9/h4-7,10H,3,8H2,1-2H3,(H,18,19). The molecule has 0 amide bonds. The summed E-state index contributed by atoms with van der Waals surface area (Å²) in [6, 6.07) is 7.04. The Labute approximate surface area is 116 Å². The number of methoxy groups -OCH3 is 1. The van der Waals surface area contributed by atoms with Crippen LogP contribution in [0.25, 0.3) is 11.4 Å². The lowest BCUT2D eigenvalue weighted by molar-refractivity contribution is -0.138. The van der Waals surface area contributed by atoms with E-state index >= 15 is 0 Å². The molecule has 2 aromatic rings. The first-order chi connectivity index (χ1) is 9.65. The second-order valence-corrected chi connectivity index (χ2v) is 4.34. The van der Waals surface area contributed by atoms with Crippen LogP contribution in [0.2, 0.25) is 0 Å². The molecule has 106 valence electrons. The summed E-state index contributed by atoms with van der Waals surface area (Å²) in [4.78, 5) is 10.9. The highest BCUT2D eigenvalue weighted by molar-refractivity contribution is 5.67. The van der Waals surface area contributed by atoms with Gasteiger partial charge in [-0.05, 0) is 41.1 Å². The number of carboxylic acids is 1. The van der Waals surface area contributed by atoms with Crippen LogP contribution in [0, 0.1) is 0 Å². The van der Waals surface area contributed by atoms with Gasteiger partial charge in [-0.3, -0.25) is 4.79 Å². The average molecular weight is 276 g/mol. The number of nitrogens with zero attached hydrogens (tertiary/aromatic N) is 4. The number of aliphatic carboxylic acids is 1. The van der Waals surface area contributed by atoms with Crippen LogP contribution in [0.1, 0.15) is 25.8 Å². The number of carboxylic acid groups (broad SMARTS) is 1. The molecule has 0 bridgehead atoms. The Balaban J connectivity index is 2.33. The van der Waals surface area contributed by atoms with Crippen molar-refractivity contribution in [2.45, 2.75) is 25.8 Å². The number of hydrogen-bond acceptors (Lipinski definition) is 5. The van der Waals surface area contributed by atoms with Crippen molar-refractivity contribution in [1.82, 2.24) is 20.2 Å². The summed E-state index contributed by atoms with van der Waals surface area (Å²) in [5, 5.41) is 20.5. The maximum atomic E-state index is 10.9. The largest absolute Gasteiger partial charge is 0.497 e. The zero-order valence-corrected chi connectivity index (χ0v) is 11.4. The van der Waals surface area contributed by atoms with Crippen molar-refractivity contribution in [3.8, 4) is 17.1 Å². The Morgan fingerprint density at radius 2 is 2.10 bits per heavy atom. The van der Waals surface area contributed by atoms with Crippen molar-refractivity contribution in [2.24, 2.45) is 0 Å². The molecule has 2 rings (SSSR count). The molecule has 1 heterocycles. The summed E-state index contributed by atoms with van der Waals surface area (Å²) in [5.74, 6) is 0.430. The van der Waals surface area contributed by atoms with Crippen molar-refractivity contribution in [1.29, 1.82) is 0 Å². The van der Waals surface area contributed by atoms with Gasteiger partial charge in [0.15, 0.2) is 5.82 Å². The average Bonchev–Trinajstić information content (AvgIpc) is 2.94. The van der Waals surface area contributed by atoms with Gasteiger partial charge in [0.2, 0.25) is 0 Å². The number of tetrazole rings is 1. The molecule has 0 spiro atoms. The normalized spacial score (nSPS) is 12.1. The van der Waals surface area contributed by atoms with E-state index in [1.165, 1.54) is 0 Å². The molecule has 0 aliphatic rings. The van der Waals surface area contributed by atoms with Crippen LogP contribution >= 0.6 is 0 Å². The minimum absolute atomic E-state index is 0.00923. The molecular formula is C13H16N4O3. The van der Waals surface area contributed by atoms with Crippen molar-refractivity contribution in [2.75, 3.05) is 7.11 Å². The van der Waals surface area contributed by atoms with Gasteiger partial charge < -0.3 is 9.84 Å². The zero-order chi connectivity index (χ0) is 14.5. The first-order valence-electron chi connectivity index (χ1n) is 6.29. The third-order valence-electron chi connectivity index (χ3n) is 3.07. The Hall–Kier alpha value is -2.44. The van der Waals surface area contributed by atoms with E-state index in [-0.39, 0.29) is 12.5 Å². The Kier molecular flexibility index (Phi) is 4.29. The van der Waals surface area contributed by atoms with Crippen LogP contribution in [0.15, 0.2) is 24.3 Å². The molecule has 20 heavy (non-hydrogen) atoms. The fraction of sp³-hybridized carbons (Fsp3) is 0.385. The van der Waals surface area contributed by atoms with Gasteiger partial charge in [-0.2, -0.15) is 0 Å². The van der Waals surface area contributed by atoms with E-state index in [1.54, 1.807) is 11.8 Å². The van der Waals surface area contributed by atoms with Gasteiger partial charge in [-0.1, -0.05) is 6.92 Å². The summed E-state index contributed by atoms with van der Waals surface area (Å²) in [6.07, 6.45) is 0.630. The van der Waals surface area contributed by atoms with Crippen LogP contribution in [0.3, 0.4) is 0 Å². The second-order valence-electron chi connectivity index (χ2n) is 4.34. The molecule has 1 atom stereocenters. The quantitative estimate of drug-likeness (QED) is 0.864. The molecule has 0 saturated carbocycles. The molecule has 1 aromatic heterocycles. The highest BCUT2D eigenvalue weighted by atomic mass is 16.5. The van der Waals surface area contributed by atoms with Gasteiger partial charge in [-0.15, -0.1) is 5.10 Å². The van der Waals surface area contributed by atoms with Crippen molar-refractivity contribution in [3.05, 3.63) is 24.3 Å². The number of rotatable bonds is 6. The van der Waals surface area contributed by atoms with Crippen LogP contribution < -0.4 is 4.74 Å². The van der Waals surface area contributed by atoms with E-state index < -0.39 is 5.97 Å². The van der Waals surface area contributed by atoms with Crippen molar-refractivity contribution < 1.29 is 14.6 Å². The summed E-state index contributed by atoms with van der Waals surface area (Å²) in [6.45, 7) is 1.91. The molecule has 1 unspecified atom stereocenters. The lowest BCUT2D eigenvalue weighted by Gasteiger charge is -2.14. The first-order valence-corrected chi connectivity index (χ1v) is 6.29. The molecule has 1 aromatic carbocycles. The Morgan fingerprint density at radius 3 is 2.65 bits per heavy atom. The molecule has 1 N–H and O–H groups in total. The summed E-state index contributed by atoms with van der Waals surface area (Å²) in [7, 11) is 1.60. The molecule has 7 nitrogen and oxygen atoms in total. The van der Waals surface area contributed by atoms with Crippen molar-refractivity contribution in [3.63, 3.8) is 0 Å². The van der Waals surface area contributed by atoms with Gasteiger partial charge in [0.05, 0.1) is 19.6 Å². The number of ether oxygens (including phenoxy) is 1. The van der Waals surface area contributed by atoms with Gasteiger partial charge in [0.25, 0.3) is 0 Å². The maximum Gasteiger partial charge on any atom is 0.305 e. The van der Waals surface area contributed by atoms with E-state index in [1.807, 2.05) is 31.2 Å². The highest BCUT2D eigenvalue weighted by Gasteiger charge is 2.19. The molecule has 0 aliphatic heterocycles. The Morgan fingerprint density at radius 1 is 1.40 bits per heavy atom. The predicted octanol–water partition coefficient (Wildman–Crippen LogP) is 1.77. The van der Waals surface area contributed by atoms with Gasteiger partial charge in [0, 0.05) is 5.56 Å². The van der Waals surface area contributed by atoms with Gasteiger partial charge >= 0.3 is 5.97 Å². The van der Waals surface area contributed by atoms with E-state index in [2.05, 4.69) is 15.5 Å². The SMILES string of the molecule is CCC(CC(=O)O)n1nnnc1-c1ccc(OC)cc1. The van der Waals surface area contributed by atoms with Crippen LogP contribution in [-0.2, 0) is 4.79 Å². The minimum Gasteiger partial charge on any atom is -0.497 e. The van der Waals surface area contributed by atoms with E-state index in [4.69, 9.17) is 9.84 Å². The monoisotopic (exact) mass is 276 g/mol. The van der Waals surface area contributed by atoms with Crippen LogP contribution in [0.5, 0.6) is 5.75 Å². The van der Waals surface area contributed by atoms with E-state index in [9.17, 15) is 4.79 Å². The van der Waals surface area contributed by atoms with Gasteiger partial charge in [-0.25, -0.2) is 4.68 Å². The van der Waals surface area contributed by atoms with Crippen molar-refractivity contribution >= 4 is 5.97 Å². The summed E-state index contributed by atoms with van der Waals surface area (Å²) >= 11 is 0. The van der Waals surface area contributed by atoms with E-state index in [0.29, 0.717) is 12.2 Å². The van der Waals surface area contributed by atoms with Gasteiger partial charge in [0.1, 0.15) is 5.75 Å².